The second-order valence-corrected chi connectivity index (χ2v) is 2.33. The molecule has 13 heavy (non-hydrogen) atoms. The Morgan fingerprint density at radius 3 is 2.62 bits per heavy atom. The van der Waals surface area contributed by atoms with Crippen LogP contribution in [0.3, 0.4) is 0 Å². The molecule has 0 saturated carbocycles. The van der Waals surface area contributed by atoms with E-state index < -0.39 is 12.1 Å². The van der Waals surface area contributed by atoms with Crippen LogP contribution in [0.15, 0.2) is 0 Å². The minimum absolute atomic E-state index is 0.0687. The summed E-state index contributed by atoms with van der Waals surface area (Å²) in [6, 6.07) is 0. The number of hydrogen-bond donors (Lipinski definition) is 3. The summed E-state index contributed by atoms with van der Waals surface area (Å²) in [5.41, 5.74) is 0. The third-order valence-corrected chi connectivity index (χ3v) is 1.14. The molecule has 0 radical (unpaired) electrons. The summed E-state index contributed by atoms with van der Waals surface area (Å²) in [5, 5.41) is 12.6. The number of nitrogens with one attached hydrogen (secondary N) is 2. The average Bonchev–Trinajstić information content (AvgIpc) is 2.01. The van der Waals surface area contributed by atoms with Gasteiger partial charge in [0.25, 0.3) is 0 Å². The molecule has 0 rings (SSSR count). The highest BCUT2D eigenvalue weighted by molar-refractivity contribution is 7.80. The largest absolute Gasteiger partial charge is 0.480 e. The van der Waals surface area contributed by atoms with E-state index in [1.807, 2.05) is 0 Å². The fourth-order valence-electron chi connectivity index (χ4n) is 0.460. The molecule has 3 N–H and O–H groups in total. The van der Waals surface area contributed by atoms with Crippen molar-refractivity contribution in [2.75, 3.05) is 13.2 Å². The van der Waals surface area contributed by atoms with Gasteiger partial charge in [-0.3, -0.25) is 10.1 Å². The predicted octanol–water partition coefficient (Wildman–Crippen LogP) is -0.308. The van der Waals surface area contributed by atoms with E-state index in [0.717, 1.165) is 0 Å². The summed E-state index contributed by atoms with van der Waals surface area (Å²) >= 11 is 4.58. The summed E-state index contributed by atoms with van der Waals surface area (Å²) in [6.45, 7) is 1.53. The lowest BCUT2D eigenvalue weighted by Gasteiger charge is -2.06. The molecular formula is C6H10N2O4S. The number of carboxylic acids is 1. The van der Waals surface area contributed by atoms with Gasteiger partial charge in [0.15, 0.2) is 5.11 Å². The molecule has 0 spiro atoms. The molecule has 1 amide bonds. The first-order valence-corrected chi connectivity index (χ1v) is 3.90. The van der Waals surface area contributed by atoms with Crippen LogP contribution in [0.4, 0.5) is 4.79 Å². The lowest BCUT2D eigenvalue weighted by molar-refractivity contribution is -0.135. The highest BCUT2D eigenvalue weighted by Gasteiger charge is 2.04. The van der Waals surface area contributed by atoms with Gasteiger partial charge < -0.3 is 15.2 Å². The van der Waals surface area contributed by atoms with Crippen LogP contribution in [0.5, 0.6) is 0 Å². The van der Waals surface area contributed by atoms with Gasteiger partial charge in [0, 0.05) is 0 Å². The number of aliphatic carboxylic acids is 1. The zero-order valence-electron chi connectivity index (χ0n) is 6.99. The van der Waals surface area contributed by atoms with Crippen molar-refractivity contribution in [1.29, 1.82) is 0 Å². The molecule has 74 valence electrons. The number of hydrogen-bond acceptors (Lipinski definition) is 4. The third kappa shape index (κ3) is 7.01. The smallest absolute Gasteiger partial charge is 0.413 e. The molecule has 0 heterocycles. The van der Waals surface area contributed by atoms with E-state index >= 15 is 0 Å². The van der Waals surface area contributed by atoms with Crippen molar-refractivity contribution in [2.24, 2.45) is 0 Å². The second kappa shape index (κ2) is 6.18. The molecule has 0 saturated heterocycles. The minimum atomic E-state index is -1.06. The number of carbonyl (C=O) groups is 2. The zero-order chi connectivity index (χ0) is 10.3. The van der Waals surface area contributed by atoms with E-state index in [1.54, 1.807) is 6.92 Å². The van der Waals surface area contributed by atoms with Gasteiger partial charge in [-0.2, -0.15) is 0 Å². The summed E-state index contributed by atoms with van der Waals surface area (Å²) in [5.74, 6) is -1.06. The molecule has 0 aliphatic heterocycles. The highest BCUT2D eigenvalue weighted by atomic mass is 32.1. The van der Waals surface area contributed by atoms with Gasteiger partial charge in [0.05, 0.1) is 6.61 Å². The Kier molecular flexibility index (Phi) is 5.53. The Labute approximate surface area is 80.3 Å². The SMILES string of the molecule is CCOC(=O)NC(=S)NCC(=O)O. The molecule has 0 atom stereocenters. The van der Waals surface area contributed by atoms with Crippen molar-refractivity contribution in [1.82, 2.24) is 10.6 Å². The van der Waals surface area contributed by atoms with Crippen LogP contribution in [0.1, 0.15) is 6.92 Å². The van der Waals surface area contributed by atoms with E-state index in [0.29, 0.717) is 0 Å². The van der Waals surface area contributed by atoms with Gasteiger partial charge in [-0.1, -0.05) is 0 Å². The van der Waals surface area contributed by atoms with Crippen LogP contribution in [-0.2, 0) is 9.53 Å². The maximum atomic E-state index is 10.7. The third-order valence-electron chi connectivity index (χ3n) is 0.891. The monoisotopic (exact) mass is 206 g/mol. The van der Waals surface area contributed by atoms with Gasteiger partial charge in [-0.15, -0.1) is 0 Å². The van der Waals surface area contributed by atoms with E-state index in [9.17, 15) is 9.59 Å². The first-order chi connectivity index (χ1) is 6.06. The molecule has 0 unspecified atom stereocenters. The van der Waals surface area contributed by atoms with Gasteiger partial charge in [-0.05, 0) is 19.1 Å². The van der Waals surface area contributed by atoms with Crippen molar-refractivity contribution in [3.63, 3.8) is 0 Å². The molecule has 0 aliphatic rings. The highest BCUT2D eigenvalue weighted by Crippen LogP contribution is 1.76. The summed E-state index contributed by atoms with van der Waals surface area (Å²) in [6.07, 6.45) is -0.703. The van der Waals surface area contributed by atoms with Crippen LogP contribution in [-0.4, -0.2) is 35.4 Å². The van der Waals surface area contributed by atoms with Crippen molar-refractivity contribution < 1.29 is 19.4 Å². The van der Waals surface area contributed by atoms with Gasteiger partial charge >= 0.3 is 12.1 Å². The molecule has 0 aromatic carbocycles. The average molecular weight is 206 g/mol. The van der Waals surface area contributed by atoms with Gasteiger partial charge in [0.2, 0.25) is 0 Å². The Balaban J connectivity index is 3.62. The molecule has 0 fully saturated rings. The standard InChI is InChI=1S/C6H10N2O4S/c1-2-12-6(11)8-5(13)7-3-4(9)10/h2-3H2,1H3,(H,9,10)(H2,7,8,11,13). The van der Waals surface area contributed by atoms with Crippen LogP contribution in [0, 0.1) is 0 Å². The maximum absolute atomic E-state index is 10.7. The second-order valence-electron chi connectivity index (χ2n) is 1.92. The minimum Gasteiger partial charge on any atom is -0.480 e. The van der Waals surface area contributed by atoms with Gasteiger partial charge in [0.1, 0.15) is 6.54 Å². The van der Waals surface area contributed by atoms with E-state index in [1.165, 1.54) is 0 Å². The van der Waals surface area contributed by atoms with Crippen molar-refractivity contribution >= 4 is 29.4 Å². The van der Waals surface area contributed by atoms with Crippen LogP contribution < -0.4 is 10.6 Å². The maximum Gasteiger partial charge on any atom is 0.413 e. The Morgan fingerprint density at radius 1 is 1.54 bits per heavy atom. The first kappa shape index (κ1) is 11.6. The Morgan fingerprint density at radius 2 is 2.15 bits per heavy atom. The number of amides is 1. The summed E-state index contributed by atoms with van der Waals surface area (Å²) in [7, 11) is 0. The van der Waals surface area contributed by atoms with E-state index in [4.69, 9.17) is 5.11 Å². The molecule has 6 nitrogen and oxygen atoms in total. The predicted molar refractivity (Wildman–Crippen MR) is 48.4 cm³/mol. The van der Waals surface area contributed by atoms with E-state index in [-0.39, 0.29) is 18.3 Å². The Hall–Kier alpha value is -1.37. The number of ether oxygens (including phenoxy) is 1. The molecule has 0 aromatic rings. The van der Waals surface area contributed by atoms with E-state index in [2.05, 4.69) is 27.6 Å². The summed E-state index contributed by atoms with van der Waals surface area (Å²) in [4.78, 5) is 20.7. The van der Waals surface area contributed by atoms with Gasteiger partial charge in [-0.25, -0.2) is 4.79 Å². The lowest BCUT2D eigenvalue weighted by Crippen LogP contribution is -2.41. The molecule has 0 aliphatic carbocycles. The topological polar surface area (TPSA) is 87.7 Å². The van der Waals surface area contributed by atoms with Crippen molar-refractivity contribution in [3.8, 4) is 0 Å². The number of thiocarbonyl (C=S) groups is 1. The fourth-order valence-corrected chi connectivity index (χ4v) is 0.615. The molecule has 0 aromatic heterocycles. The molecular weight excluding hydrogens is 196 g/mol. The number of rotatable bonds is 3. The summed E-state index contributed by atoms with van der Waals surface area (Å²) < 4.78 is 4.49. The van der Waals surface area contributed by atoms with Crippen LogP contribution >= 0.6 is 12.2 Å². The fraction of sp³-hybridized carbons (Fsp3) is 0.500. The number of alkyl carbamates (subject to hydrolysis) is 1. The van der Waals surface area contributed by atoms with Crippen LogP contribution in [0.25, 0.3) is 0 Å². The molecule has 7 heteroatoms. The lowest BCUT2D eigenvalue weighted by atomic mass is 10.6. The Bertz CT molecular complexity index is 219. The quantitative estimate of drug-likeness (QED) is 0.549. The zero-order valence-corrected chi connectivity index (χ0v) is 7.81. The van der Waals surface area contributed by atoms with Crippen molar-refractivity contribution in [3.05, 3.63) is 0 Å². The number of carboxylic acid groups (broad SMARTS) is 1. The number of carbonyl (C=O) groups excluding carboxylic acids is 1. The first-order valence-electron chi connectivity index (χ1n) is 3.49. The van der Waals surface area contributed by atoms with Crippen LogP contribution in [0.2, 0.25) is 0 Å². The molecule has 0 bridgehead atoms. The normalized spacial score (nSPS) is 8.69. The van der Waals surface area contributed by atoms with Crippen molar-refractivity contribution in [2.45, 2.75) is 6.92 Å².